The monoisotopic (exact) mass is 220 g/mol. The molecule has 0 fully saturated rings. The molecular formula is C3H4Li3O8P. The van der Waals surface area contributed by atoms with E-state index in [2.05, 4.69) is 0 Å². The van der Waals surface area contributed by atoms with Crippen LogP contribution in [0.5, 0.6) is 0 Å². The molecule has 0 aliphatic rings. The second-order valence-electron chi connectivity index (χ2n) is 1.41. The SMILES string of the molecule is O=C(O)CC(=O)O.O=P([O-])([O-])[O-].[Li+].[Li+].[Li+]. The fourth-order valence-electron chi connectivity index (χ4n) is 0.129. The number of hydrogen-bond donors (Lipinski definition) is 2. The molecule has 8 nitrogen and oxygen atoms in total. The minimum atomic E-state index is -5.39. The Balaban J connectivity index is -0.0000000383. The first-order valence-electron chi connectivity index (χ1n) is 2.29. The summed E-state index contributed by atoms with van der Waals surface area (Å²) in [7, 11) is -5.39. The molecule has 0 atom stereocenters. The normalized spacial score (nSPS) is 7.67. The van der Waals surface area contributed by atoms with Gasteiger partial charge in [-0.2, -0.15) is 7.82 Å². The summed E-state index contributed by atoms with van der Waals surface area (Å²) in [5.74, 6) is -2.62. The number of hydrogen-bond acceptors (Lipinski definition) is 6. The van der Waals surface area contributed by atoms with Crippen molar-refractivity contribution >= 4 is 19.8 Å². The largest absolute Gasteiger partial charge is 1.00 e. The van der Waals surface area contributed by atoms with Gasteiger partial charge in [0.15, 0.2) is 0 Å². The van der Waals surface area contributed by atoms with Gasteiger partial charge in [0.2, 0.25) is 0 Å². The van der Waals surface area contributed by atoms with Crippen LogP contribution in [0.3, 0.4) is 0 Å². The molecule has 0 heterocycles. The Hall–Kier alpha value is 0.842. The quantitative estimate of drug-likeness (QED) is 0.263. The minimum Gasteiger partial charge on any atom is -0.822 e. The van der Waals surface area contributed by atoms with Crippen molar-refractivity contribution in [3.8, 4) is 0 Å². The van der Waals surface area contributed by atoms with Crippen LogP contribution in [0.4, 0.5) is 0 Å². The molecule has 0 saturated heterocycles. The summed E-state index contributed by atoms with van der Waals surface area (Å²) in [4.78, 5) is 44.5. The average molecular weight is 220 g/mol. The van der Waals surface area contributed by atoms with Gasteiger partial charge in [0.25, 0.3) is 0 Å². The van der Waals surface area contributed by atoms with Crippen LogP contribution < -0.4 is 71.3 Å². The van der Waals surface area contributed by atoms with E-state index in [1.807, 2.05) is 0 Å². The third-order valence-electron chi connectivity index (χ3n) is 0.302. The van der Waals surface area contributed by atoms with Gasteiger partial charge in [-0.1, -0.05) is 0 Å². The molecule has 0 aliphatic carbocycles. The van der Waals surface area contributed by atoms with Gasteiger partial charge in [-0.05, 0) is 0 Å². The molecule has 0 aromatic heterocycles. The van der Waals surface area contributed by atoms with Gasteiger partial charge < -0.3 is 29.5 Å². The zero-order chi connectivity index (χ0) is 10.4. The first kappa shape index (κ1) is 29.7. The van der Waals surface area contributed by atoms with Crippen molar-refractivity contribution in [3.05, 3.63) is 0 Å². The fraction of sp³-hybridized carbons (Fsp3) is 0.333. The van der Waals surface area contributed by atoms with E-state index in [0.717, 1.165) is 0 Å². The smallest absolute Gasteiger partial charge is 0.822 e. The third-order valence-corrected chi connectivity index (χ3v) is 0.302. The third kappa shape index (κ3) is 104. The maximum atomic E-state index is 9.43. The van der Waals surface area contributed by atoms with E-state index >= 15 is 0 Å². The van der Waals surface area contributed by atoms with Gasteiger partial charge in [-0.25, -0.2) is 0 Å². The summed E-state index contributed by atoms with van der Waals surface area (Å²) < 4.78 is 8.55. The maximum absolute atomic E-state index is 9.43. The van der Waals surface area contributed by atoms with E-state index < -0.39 is 26.2 Å². The fourth-order valence-corrected chi connectivity index (χ4v) is 0.129. The number of aliphatic carboxylic acids is 2. The van der Waals surface area contributed by atoms with Crippen molar-refractivity contribution in [3.63, 3.8) is 0 Å². The zero-order valence-corrected chi connectivity index (χ0v) is 9.39. The number of carbonyl (C=O) groups is 2. The number of carboxylic acids is 2. The van der Waals surface area contributed by atoms with E-state index in [4.69, 9.17) is 29.5 Å². The molecule has 2 N–H and O–H groups in total. The van der Waals surface area contributed by atoms with Gasteiger partial charge in [0, 0.05) is 0 Å². The summed E-state index contributed by atoms with van der Waals surface area (Å²) >= 11 is 0. The summed E-state index contributed by atoms with van der Waals surface area (Å²) in [6.07, 6.45) is -0.806. The Kier molecular flexibility index (Phi) is 29.4. The van der Waals surface area contributed by atoms with Crippen LogP contribution in [0, 0.1) is 0 Å². The summed E-state index contributed by atoms with van der Waals surface area (Å²) in [6.45, 7) is 0. The Labute approximate surface area is 121 Å². The molecule has 0 rings (SSSR count). The van der Waals surface area contributed by atoms with Crippen LogP contribution in [0.1, 0.15) is 6.42 Å². The van der Waals surface area contributed by atoms with Crippen LogP contribution in [-0.2, 0) is 14.2 Å². The van der Waals surface area contributed by atoms with Crippen LogP contribution in [0.15, 0.2) is 0 Å². The van der Waals surface area contributed by atoms with Gasteiger partial charge in [-0.3, -0.25) is 9.59 Å². The topological polar surface area (TPSA) is 161 Å². The molecule has 0 aromatic rings. The summed E-state index contributed by atoms with van der Waals surface area (Å²) in [5, 5.41) is 15.4. The Morgan fingerprint density at radius 1 is 0.933 bits per heavy atom. The van der Waals surface area contributed by atoms with Gasteiger partial charge in [-0.15, -0.1) is 0 Å². The summed E-state index contributed by atoms with van der Waals surface area (Å²) in [6, 6.07) is 0. The molecule has 72 valence electrons. The molecule has 0 spiro atoms. The molecule has 0 radical (unpaired) electrons. The van der Waals surface area contributed by atoms with Gasteiger partial charge in [0.05, 0.1) is 0 Å². The number of phosphoric acid groups is 1. The molecule has 0 amide bonds. The first-order chi connectivity index (χ1) is 5.13. The molecule has 12 heteroatoms. The van der Waals surface area contributed by atoms with Crippen LogP contribution >= 0.6 is 7.82 Å². The summed E-state index contributed by atoms with van der Waals surface area (Å²) in [5.41, 5.74) is 0. The second kappa shape index (κ2) is 14.8. The van der Waals surface area contributed by atoms with Crippen molar-refractivity contribution < 1.29 is 95.6 Å². The van der Waals surface area contributed by atoms with E-state index in [9.17, 15) is 9.59 Å². The van der Waals surface area contributed by atoms with Crippen molar-refractivity contribution in [2.24, 2.45) is 0 Å². The average Bonchev–Trinajstić information content (AvgIpc) is 1.52. The van der Waals surface area contributed by atoms with Gasteiger partial charge in [0.1, 0.15) is 6.42 Å². The molecule has 15 heavy (non-hydrogen) atoms. The van der Waals surface area contributed by atoms with Crippen molar-refractivity contribution in [2.45, 2.75) is 6.42 Å². The molecule has 0 unspecified atom stereocenters. The molecule has 0 bridgehead atoms. The van der Waals surface area contributed by atoms with Crippen LogP contribution in [-0.4, -0.2) is 22.2 Å². The minimum absolute atomic E-state index is 0. The van der Waals surface area contributed by atoms with E-state index in [-0.39, 0.29) is 56.6 Å². The van der Waals surface area contributed by atoms with E-state index in [1.54, 1.807) is 0 Å². The Bertz CT molecular complexity index is 193. The van der Waals surface area contributed by atoms with E-state index in [1.165, 1.54) is 0 Å². The zero-order valence-electron chi connectivity index (χ0n) is 8.50. The maximum Gasteiger partial charge on any atom is 1.00 e. The van der Waals surface area contributed by atoms with Crippen LogP contribution in [0.25, 0.3) is 0 Å². The first-order valence-corrected chi connectivity index (χ1v) is 3.75. The molecule has 0 aliphatic heterocycles. The predicted molar refractivity (Wildman–Crippen MR) is 27.5 cm³/mol. The predicted octanol–water partition coefficient (Wildman–Crippen LogP) is -12.3. The van der Waals surface area contributed by atoms with Crippen molar-refractivity contribution in [1.82, 2.24) is 0 Å². The molecule has 0 saturated carbocycles. The van der Waals surface area contributed by atoms with Gasteiger partial charge >= 0.3 is 68.5 Å². The number of rotatable bonds is 2. The van der Waals surface area contributed by atoms with Crippen molar-refractivity contribution in [1.29, 1.82) is 0 Å². The Morgan fingerprint density at radius 2 is 1.07 bits per heavy atom. The van der Waals surface area contributed by atoms with E-state index in [0.29, 0.717) is 0 Å². The second-order valence-corrected chi connectivity index (χ2v) is 2.31. The number of carboxylic acid groups (broad SMARTS) is 2. The Morgan fingerprint density at radius 3 is 1.07 bits per heavy atom. The van der Waals surface area contributed by atoms with Crippen LogP contribution in [0.2, 0.25) is 0 Å². The molecule has 0 aromatic carbocycles. The molecular weight excluding hydrogens is 216 g/mol. The van der Waals surface area contributed by atoms with Crippen molar-refractivity contribution in [2.75, 3.05) is 0 Å². The standard InChI is InChI=1S/C3H4O4.3Li.H3O4P/c4-2(5)1-3(6)7;;;;1-5(2,3)4/h1H2,(H,4,5)(H,6,7);;;;(H3,1,2,3,4)/q;3*+1;/p-3.